The number of nitrogens with zero attached hydrogens (tertiary/aromatic N) is 1. The van der Waals surface area contributed by atoms with Gasteiger partial charge in [-0.25, -0.2) is 0 Å². The van der Waals surface area contributed by atoms with Crippen molar-refractivity contribution in [1.82, 2.24) is 0 Å². The molecule has 5 heteroatoms. The van der Waals surface area contributed by atoms with Crippen LogP contribution in [0.15, 0.2) is 51.4 Å². The Hall–Kier alpha value is -1.52. The molecule has 1 aliphatic heterocycles. The van der Waals surface area contributed by atoms with E-state index in [1.807, 2.05) is 38.1 Å². The maximum Gasteiger partial charge on any atom is 0.305 e. The number of rotatable bonds is 4. The van der Waals surface area contributed by atoms with Gasteiger partial charge in [-0.1, -0.05) is 29.8 Å². The average Bonchev–Trinajstić information content (AvgIpc) is 2.46. The standard InChI is InChI=1S/C17H18ClNO2S/c1-10(11(2)22)15-8-7-14(9-16(20)21)19-17(15)12-3-5-13(18)6-4-12/h3-6,8,14,22H,7,9H2,1-2H3,(H,20,21)/b11-10-/t14-/m0/s1. The van der Waals surface area contributed by atoms with Crippen LogP contribution >= 0.6 is 24.2 Å². The third-order valence-corrected chi connectivity index (χ3v) is 4.22. The summed E-state index contributed by atoms with van der Waals surface area (Å²) in [6.45, 7) is 3.93. The number of carboxylic acid groups (broad SMARTS) is 1. The minimum Gasteiger partial charge on any atom is -0.481 e. The number of hydrogen-bond donors (Lipinski definition) is 2. The lowest BCUT2D eigenvalue weighted by atomic mass is 9.91. The van der Waals surface area contributed by atoms with Crippen LogP contribution in [-0.2, 0) is 4.79 Å². The summed E-state index contributed by atoms with van der Waals surface area (Å²) in [6, 6.07) is 7.19. The van der Waals surface area contributed by atoms with Crippen molar-refractivity contribution in [2.45, 2.75) is 32.7 Å². The van der Waals surface area contributed by atoms with Crippen molar-refractivity contribution in [2.24, 2.45) is 4.99 Å². The van der Waals surface area contributed by atoms with E-state index in [1.165, 1.54) is 0 Å². The Morgan fingerprint density at radius 3 is 2.55 bits per heavy atom. The van der Waals surface area contributed by atoms with Gasteiger partial charge in [-0.2, -0.15) is 0 Å². The van der Waals surface area contributed by atoms with Crippen LogP contribution in [-0.4, -0.2) is 22.8 Å². The van der Waals surface area contributed by atoms with E-state index < -0.39 is 5.97 Å². The Bertz CT molecular complexity index is 670. The number of halogens is 1. The van der Waals surface area contributed by atoms with Gasteiger partial charge in [0.25, 0.3) is 0 Å². The van der Waals surface area contributed by atoms with Crippen LogP contribution in [0.4, 0.5) is 0 Å². The molecule has 0 fully saturated rings. The molecule has 116 valence electrons. The molecular weight excluding hydrogens is 318 g/mol. The van der Waals surface area contributed by atoms with Gasteiger partial charge in [-0.3, -0.25) is 9.79 Å². The maximum absolute atomic E-state index is 11.0. The molecule has 1 heterocycles. The van der Waals surface area contributed by atoms with Crippen molar-refractivity contribution in [3.63, 3.8) is 0 Å². The van der Waals surface area contributed by atoms with Gasteiger partial charge < -0.3 is 5.11 Å². The third kappa shape index (κ3) is 4.02. The number of carbonyl (C=O) groups is 1. The number of aliphatic carboxylic acids is 1. The van der Waals surface area contributed by atoms with E-state index in [2.05, 4.69) is 23.7 Å². The molecule has 0 amide bonds. The predicted molar refractivity (Wildman–Crippen MR) is 94.1 cm³/mol. The molecule has 0 aromatic heterocycles. The van der Waals surface area contributed by atoms with E-state index in [0.717, 1.165) is 27.3 Å². The lowest BCUT2D eigenvalue weighted by Gasteiger charge is -2.22. The number of benzene rings is 1. The summed E-state index contributed by atoms with van der Waals surface area (Å²) >= 11 is 10.4. The molecule has 0 saturated carbocycles. The number of hydrogen-bond acceptors (Lipinski definition) is 3. The fourth-order valence-corrected chi connectivity index (χ4v) is 2.60. The van der Waals surface area contributed by atoms with Crippen molar-refractivity contribution in [1.29, 1.82) is 0 Å². The summed E-state index contributed by atoms with van der Waals surface area (Å²) in [7, 11) is 0. The molecule has 0 unspecified atom stereocenters. The van der Waals surface area contributed by atoms with E-state index in [-0.39, 0.29) is 12.5 Å². The van der Waals surface area contributed by atoms with Gasteiger partial charge in [0.15, 0.2) is 0 Å². The normalized spacial score (nSPS) is 19.2. The number of aliphatic imine (C=N–C) groups is 1. The SMILES string of the molecule is C/C(S)=C(\C)C1=CC[C@@H](CC(=O)O)N=C1c1ccc(Cl)cc1. The monoisotopic (exact) mass is 335 g/mol. The first-order valence-corrected chi connectivity index (χ1v) is 7.84. The molecule has 0 saturated heterocycles. The molecule has 22 heavy (non-hydrogen) atoms. The quantitative estimate of drug-likeness (QED) is 0.794. The second kappa shape index (κ2) is 7.16. The van der Waals surface area contributed by atoms with Crippen molar-refractivity contribution in [2.75, 3.05) is 0 Å². The zero-order chi connectivity index (χ0) is 16.3. The highest BCUT2D eigenvalue weighted by Gasteiger charge is 2.22. The second-order valence-electron chi connectivity index (χ2n) is 5.30. The van der Waals surface area contributed by atoms with Crippen molar-refractivity contribution < 1.29 is 9.90 Å². The minimum atomic E-state index is -0.835. The molecule has 1 aromatic carbocycles. The molecule has 3 nitrogen and oxygen atoms in total. The summed E-state index contributed by atoms with van der Waals surface area (Å²) in [5, 5.41) is 9.65. The average molecular weight is 336 g/mol. The summed E-state index contributed by atoms with van der Waals surface area (Å²) in [5.41, 5.74) is 3.79. The molecule has 1 aromatic rings. The highest BCUT2D eigenvalue weighted by molar-refractivity contribution is 7.84. The van der Waals surface area contributed by atoms with Crippen LogP contribution in [0.1, 0.15) is 32.3 Å². The van der Waals surface area contributed by atoms with Gasteiger partial charge in [0.2, 0.25) is 0 Å². The van der Waals surface area contributed by atoms with E-state index in [9.17, 15) is 4.79 Å². The van der Waals surface area contributed by atoms with Gasteiger partial charge >= 0.3 is 5.97 Å². The van der Waals surface area contributed by atoms with Crippen LogP contribution in [0.5, 0.6) is 0 Å². The van der Waals surface area contributed by atoms with Crippen LogP contribution in [0.25, 0.3) is 0 Å². The largest absolute Gasteiger partial charge is 0.481 e. The highest BCUT2D eigenvalue weighted by atomic mass is 35.5. The molecule has 0 spiro atoms. The first kappa shape index (κ1) is 16.8. The van der Waals surface area contributed by atoms with Crippen molar-refractivity contribution >= 4 is 35.9 Å². The topological polar surface area (TPSA) is 49.7 Å². The lowest BCUT2D eigenvalue weighted by molar-refractivity contribution is -0.137. The van der Waals surface area contributed by atoms with Crippen LogP contribution in [0, 0.1) is 0 Å². The lowest BCUT2D eigenvalue weighted by Crippen LogP contribution is -2.20. The van der Waals surface area contributed by atoms with Crippen molar-refractivity contribution in [3.8, 4) is 0 Å². The summed E-state index contributed by atoms with van der Waals surface area (Å²) in [4.78, 5) is 16.5. The summed E-state index contributed by atoms with van der Waals surface area (Å²) in [5.74, 6) is -0.835. The fourth-order valence-electron chi connectivity index (χ4n) is 2.35. The Morgan fingerprint density at radius 2 is 2.00 bits per heavy atom. The van der Waals surface area contributed by atoms with Gasteiger partial charge in [0, 0.05) is 16.2 Å². The number of carboxylic acids is 1. The number of thiol groups is 1. The first-order chi connectivity index (χ1) is 10.4. The fraction of sp³-hybridized carbons (Fsp3) is 0.294. The predicted octanol–water partition coefficient (Wildman–Crippen LogP) is 4.53. The van der Waals surface area contributed by atoms with E-state index in [1.54, 1.807) is 0 Å². The first-order valence-electron chi connectivity index (χ1n) is 7.01. The van der Waals surface area contributed by atoms with Gasteiger partial charge in [-0.05, 0) is 42.9 Å². The third-order valence-electron chi connectivity index (χ3n) is 3.64. The summed E-state index contributed by atoms with van der Waals surface area (Å²) in [6.07, 6.45) is 2.71. The second-order valence-corrected chi connectivity index (χ2v) is 6.41. The molecule has 0 aliphatic carbocycles. The minimum absolute atomic E-state index is 0.0312. The van der Waals surface area contributed by atoms with Gasteiger partial charge in [0.1, 0.15) is 0 Å². The van der Waals surface area contributed by atoms with E-state index in [4.69, 9.17) is 16.7 Å². The molecule has 1 aliphatic rings. The van der Waals surface area contributed by atoms with Crippen LogP contribution in [0.3, 0.4) is 0 Å². The number of dihydropyridines is 1. The molecule has 1 N–H and O–H groups in total. The van der Waals surface area contributed by atoms with Crippen LogP contribution < -0.4 is 0 Å². The smallest absolute Gasteiger partial charge is 0.305 e. The Kier molecular flexibility index (Phi) is 5.48. The maximum atomic E-state index is 11.0. The Balaban J connectivity index is 2.45. The molecule has 0 bridgehead atoms. The molecule has 2 rings (SSSR count). The molecule has 0 radical (unpaired) electrons. The van der Waals surface area contributed by atoms with Gasteiger partial charge in [-0.15, -0.1) is 12.6 Å². The molecule has 1 atom stereocenters. The zero-order valence-corrected chi connectivity index (χ0v) is 14.2. The van der Waals surface area contributed by atoms with Crippen LogP contribution in [0.2, 0.25) is 5.02 Å². The highest BCUT2D eigenvalue weighted by Crippen LogP contribution is 2.28. The summed E-state index contributed by atoms with van der Waals surface area (Å²) < 4.78 is 0. The van der Waals surface area contributed by atoms with Gasteiger partial charge in [0.05, 0.1) is 18.2 Å². The zero-order valence-electron chi connectivity index (χ0n) is 12.5. The van der Waals surface area contributed by atoms with Crippen molar-refractivity contribution in [3.05, 3.63) is 57.0 Å². The van der Waals surface area contributed by atoms with E-state index in [0.29, 0.717) is 11.4 Å². The molecular formula is C17H18ClNO2S. The Labute approximate surface area is 140 Å². The van der Waals surface area contributed by atoms with E-state index >= 15 is 0 Å². The number of allylic oxidation sites excluding steroid dienone is 3. The Morgan fingerprint density at radius 1 is 1.36 bits per heavy atom.